The molecule has 0 radical (unpaired) electrons. The third-order valence-electron chi connectivity index (χ3n) is 3.33. The summed E-state index contributed by atoms with van der Waals surface area (Å²) in [5.41, 5.74) is 8.18. The van der Waals surface area contributed by atoms with Crippen molar-refractivity contribution in [2.75, 3.05) is 26.4 Å². The van der Waals surface area contributed by atoms with E-state index in [2.05, 4.69) is 64.4 Å². The highest BCUT2D eigenvalue weighted by molar-refractivity contribution is 9.10. The monoisotopic (exact) mass is 324 g/mol. The molecule has 0 fully saturated rings. The van der Waals surface area contributed by atoms with Gasteiger partial charge >= 0.3 is 0 Å². The Morgan fingerprint density at radius 2 is 2.05 bits per heavy atom. The molecule has 1 atom stereocenters. The number of likely N-dealkylation sites (N-methyl/N-ethyl adjacent to an activating group) is 1. The average molecular weight is 325 g/mol. The van der Waals surface area contributed by atoms with E-state index in [1.54, 1.807) is 0 Å². The van der Waals surface area contributed by atoms with Gasteiger partial charge in [0.2, 0.25) is 5.95 Å². The fraction of sp³-hybridized carbons (Fsp3) is 0.500. The minimum absolute atomic E-state index is 0.314. The Morgan fingerprint density at radius 1 is 1.37 bits per heavy atom. The zero-order valence-electron chi connectivity index (χ0n) is 11.9. The normalized spacial score (nSPS) is 13.6. The van der Waals surface area contributed by atoms with Crippen molar-refractivity contribution in [3.63, 3.8) is 0 Å². The molecule has 0 bridgehead atoms. The van der Waals surface area contributed by atoms with Crippen molar-refractivity contribution in [2.45, 2.75) is 19.9 Å². The number of halogens is 1. The summed E-state index contributed by atoms with van der Waals surface area (Å²) in [5, 5.41) is 0. The molecule has 5 heteroatoms. The maximum absolute atomic E-state index is 6.14. The Bertz CT molecular complexity index is 574. The van der Waals surface area contributed by atoms with Crippen molar-refractivity contribution >= 4 is 32.9 Å². The molecule has 0 spiro atoms. The van der Waals surface area contributed by atoms with E-state index in [0.29, 0.717) is 17.9 Å². The van der Waals surface area contributed by atoms with Gasteiger partial charge in [0.05, 0.1) is 17.1 Å². The van der Waals surface area contributed by atoms with Crippen LogP contribution in [-0.2, 0) is 0 Å². The highest BCUT2D eigenvalue weighted by Gasteiger charge is 2.21. The minimum atomic E-state index is 0.314. The molecule has 2 aromatic rings. The van der Waals surface area contributed by atoms with E-state index in [-0.39, 0.29) is 0 Å². The molecule has 1 aromatic heterocycles. The van der Waals surface area contributed by atoms with Gasteiger partial charge in [-0.15, -0.1) is 0 Å². The van der Waals surface area contributed by atoms with Gasteiger partial charge in [0, 0.05) is 11.0 Å². The third kappa shape index (κ3) is 2.92. The summed E-state index contributed by atoms with van der Waals surface area (Å²) in [6.45, 7) is 5.38. The van der Waals surface area contributed by atoms with E-state index >= 15 is 0 Å². The average Bonchev–Trinajstić information content (AvgIpc) is 2.61. The van der Waals surface area contributed by atoms with Gasteiger partial charge in [-0.2, -0.15) is 0 Å². The van der Waals surface area contributed by atoms with Gasteiger partial charge in [-0.1, -0.05) is 29.8 Å². The highest BCUT2D eigenvalue weighted by atomic mass is 79.9. The zero-order valence-corrected chi connectivity index (χ0v) is 13.5. The van der Waals surface area contributed by atoms with E-state index in [0.717, 1.165) is 22.1 Å². The Morgan fingerprint density at radius 3 is 2.63 bits per heavy atom. The van der Waals surface area contributed by atoms with Crippen molar-refractivity contribution in [2.24, 2.45) is 5.92 Å². The topological polar surface area (TPSA) is 47.1 Å². The van der Waals surface area contributed by atoms with Gasteiger partial charge in [-0.25, -0.2) is 4.98 Å². The van der Waals surface area contributed by atoms with Gasteiger partial charge in [-0.05, 0) is 38.2 Å². The largest absolute Gasteiger partial charge is 0.369 e. The molecule has 0 saturated heterocycles. The van der Waals surface area contributed by atoms with Crippen LogP contribution in [0.5, 0.6) is 0 Å². The SMILES string of the molecule is CC(C)C(CN(C)C)n1c(N)nc2ccc(Br)cc21. The fourth-order valence-corrected chi connectivity index (χ4v) is 2.75. The Labute approximate surface area is 122 Å². The van der Waals surface area contributed by atoms with Crippen LogP contribution in [0.25, 0.3) is 11.0 Å². The van der Waals surface area contributed by atoms with Crippen LogP contribution in [0.3, 0.4) is 0 Å². The van der Waals surface area contributed by atoms with Crippen LogP contribution in [-0.4, -0.2) is 35.1 Å². The molecule has 2 N–H and O–H groups in total. The molecule has 0 saturated carbocycles. The number of benzene rings is 1. The standard InChI is InChI=1S/C14H21BrN4/c1-9(2)13(8-18(3)4)19-12-7-10(15)5-6-11(12)17-14(19)16/h5-7,9,13H,8H2,1-4H3,(H2,16,17). The molecule has 0 aliphatic carbocycles. The second kappa shape index (κ2) is 5.51. The van der Waals surface area contributed by atoms with E-state index in [1.807, 2.05) is 12.1 Å². The Balaban J connectivity index is 2.57. The van der Waals surface area contributed by atoms with Crippen molar-refractivity contribution in [3.8, 4) is 0 Å². The van der Waals surface area contributed by atoms with Gasteiger partial charge < -0.3 is 15.2 Å². The van der Waals surface area contributed by atoms with Crippen LogP contribution in [0.1, 0.15) is 19.9 Å². The molecule has 19 heavy (non-hydrogen) atoms. The van der Waals surface area contributed by atoms with Crippen LogP contribution in [0, 0.1) is 5.92 Å². The Hall–Kier alpha value is -1.07. The molecular formula is C14H21BrN4. The second-order valence-electron chi connectivity index (χ2n) is 5.55. The number of fused-ring (bicyclic) bond motifs is 1. The van der Waals surface area contributed by atoms with E-state index < -0.39 is 0 Å². The third-order valence-corrected chi connectivity index (χ3v) is 3.83. The predicted octanol–water partition coefficient (Wildman–Crippen LogP) is 3.14. The Kier molecular flexibility index (Phi) is 4.16. The number of aromatic nitrogens is 2. The summed E-state index contributed by atoms with van der Waals surface area (Å²) in [5.74, 6) is 1.08. The number of anilines is 1. The van der Waals surface area contributed by atoms with Gasteiger partial charge in [0.1, 0.15) is 0 Å². The first-order chi connectivity index (χ1) is 8.90. The molecule has 4 nitrogen and oxygen atoms in total. The molecule has 1 unspecified atom stereocenters. The van der Waals surface area contributed by atoms with Crippen molar-refractivity contribution in [3.05, 3.63) is 22.7 Å². The molecule has 0 aliphatic heterocycles. The molecule has 0 aliphatic rings. The van der Waals surface area contributed by atoms with Crippen molar-refractivity contribution in [1.82, 2.24) is 14.5 Å². The first-order valence-electron chi connectivity index (χ1n) is 6.48. The lowest BCUT2D eigenvalue weighted by molar-refractivity contribution is 0.275. The molecule has 0 amide bonds. The summed E-state index contributed by atoms with van der Waals surface area (Å²) in [6, 6.07) is 6.40. The number of nitrogens with two attached hydrogens (primary N) is 1. The lowest BCUT2D eigenvalue weighted by atomic mass is 10.0. The molecule has 2 rings (SSSR count). The van der Waals surface area contributed by atoms with Gasteiger partial charge in [0.15, 0.2) is 0 Å². The molecule has 1 heterocycles. The second-order valence-corrected chi connectivity index (χ2v) is 6.46. The number of imidazole rings is 1. The summed E-state index contributed by atoms with van der Waals surface area (Å²) in [7, 11) is 4.17. The van der Waals surface area contributed by atoms with Crippen LogP contribution in [0.4, 0.5) is 5.95 Å². The van der Waals surface area contributed by atoms with Crippen LogP contribution in [0.15, 0.2) is 22.7 Å². The van der Waals surface area contributed by atoms with E-state index in [4.69, 9.17) is 5.73 Å². The number of rotatable bonds is 4. The minimum Gasteiger partial charge on any atom is -0.369 e. The van der Waals surface area contributed by atoms with E-state index in [1.165, 1.54) is 0 Å². The molecular weight excluding hydrogens is 304 g/mol. The lowest BCUT2D eigenvalue weighted by Crippen LogP contribution is -2.28. The smallest absolute Gasteiger partial charge is 0.201 e. The van der Waals surface area contributed by atoms with Gasteiger partial charge in [-0.3, -0.25) is 0 Å². The zero-order chi connectivity index (χ0) is 14.2. The first kappa shape index (κ1) is 14.3. The summed E-state index contributed by atoms with van der Waals surface area (Å²) < 4.78 is 3.21. The number of hydrogen-bond donors (Lipinski definition) is 1. The molecule has 104 valence electrons. The van der Waals surface area contributed by atoms with Crippen molar-refractivity contribution < 1.29 is 0 Å². The van der Waals surface area contributed by atoms with Crippen LogP contribution >= 0.6 is 15.9 Å². The highest BCUT2D eigenvalue weighted by Crippen LogP contribution is 2.29. The summed E-state index contributed by atoms with van der Waals surface area (Å²) in [6.07, 6.45) is 0. The quantitative estimate of drug-likeness (QED) is 0.939. The summed E-state index contributed by atoms with van der Waals surface area (Å²) >= 11 is 3.52. The number of nitrogen functional groups attached to an aromatic ring is 1. The number of hydrogen-bond acceptors (Lipinski definition) is 3. The first-order valence-corrected chi connectivity index (χ1v) is 7.27. The number of nitrogens with zero attached hydrogens (tertiary/aromatic N) is 3. The fourth-order valence-electron chi connectivity index (χ4n) is 2.40. The van der Waals surface area contributed by atoms with Crippen LogP contribution < -0.4 is 5.73 Å². The summed E-state index contributed by atoms with van der Waals surface area (Å²) in [4.78, 5) is 6.65. The lowest BCUT2D eigenvalue weighted by Gasteiger charge is -2.27. The van der Waals surface area contributed by atoms with E-state index in [9.17, 15) is 0 Å². The predicted molar refractivity (Wildman–Crippen MR) is 84.3 cm³/mol. The van der Waals surface area contributed by atoms with Crippen LogP contribution in [0.2, 0.25) is 0 Å². The molecule has 1 aromatic carbocycles. The maximum Gasteiger partial charge on any atom is 0.201 e. The van der Waals surface area contributed by atoms with Gasteiger partial charge in [0.25, 0.3) is 0 Å². The maximum atomic E-state index is 6.14. The van der Waals surface area contributed by atoms with Crippen molar-refractivity contribution in [1.29, 1.82) is 0 Å².